The van der Waals surface area contributed by atoms with Crippen molar-refractivity contribution in [3.05, 3.63) is 12.4 Å². The second-order valence-electron chi connectivity index (χ2n) is 3.21. The molecule has 0 aliphatic carbocycles. The molecule has 0 fully saturated rings. The zero-order valence-corrected chi connectivity index (χ0v) is 9.00. The highest BCUT2D eigenvalue weighted by atomic mass is 32.2. The number of aryl methyl sites for hydroxylation is 1. The van der Waals surface area contributed by atoms with Crippen molar-refractivity contribution in [2.75, 3.05) is 12.8 Å². The fourth-order valence-electron chi connectivity index (χ4n) is 1.08. The van der Waals surface area contributed by atoms with Gasteiger partial charge in [0.15, 0.2) is 9.84 Å². The van der Waals surface area contributed by atoms with Gasteiger partial charge in [-0.25, -0.2) is 8.42 Å². The van der Waals surface area contributed by atoms with Crippen molar-refractivity contribution in [3.8, 4) is 0 Å². The maximum atomic E-state index is 11.1. The number of nitrogens with two attached hydrogens (primary N) is 1. The average molecular weight is 217 g/mol. The van der Waals surface area contributed by atoms with Crippen LogP contribution in [0, 0.1) is 0 Å². The summed E-state index contributed by atoms with van der Waals surface area (Å²) in [5.74, 6) is 0. The number of sulfone groups is 1. The lowest BCUT2D eigenvalue weighted by Gasteiger charge is -1.98. The molecule has 1 rings (SSSR count). The summed E-state index contributed by atoms with van der Waals surface area (Å²) in [5.41, 5.74) is 5.34. The molecule has 1 aromatic rings. The Kier molecular flexibility index (Phi) is 3.65. The number of rotatable bonds is 5. The Morgan fingerprint density at radius 2 is 2.21 bits per heavy atom. The molecule has 1 heterocycles. The highest BCUT2D eigenvalue weighted by molar-refractivity contribution is 7.90. The molecule has 80 valence electrons. The van der Waals surface area contributed by atoms with Crippen LogP contribution in [0.3, 0.4) is 0 Å². The SMILES string of the molecule is CS(=O)(=O)c1cnn(CCCCN)c1. The van der Waals surface area contributed by atoms with Gasteiger partial charge in [0.25, 0.3) is 0 Å². The molecule has 0 saturated heterocycles. The van der Waals surface area contributed by atoms with Crippen molar-refractivity contribution in [2.45, 2.75) is 24.3 Å². The summed E-state index contributed by atoms with van der Waals surface area (Å²) in [5, 5.41) is 3.95. The molecule has 6 heteroatoms. The van der Waals surface area contributed by atoms with E-state index in [1.807, 2.05) is 0 Å². The van der Waals surface area contributed by atoms with Gasteiger partial charge >= 0.3 is 0 Å². The lowest BCUT2D eigenvalue weighted by atomic mass is 10.3. The molecule has 0 radical (unpaired) electrons. The summed E-state index contributed by atoms with van der Waals surface area (Å²) in [6.45, 7) is 1.37. The highest BCUT2D eigenvalue weighted by Gasteiger charge is 2.09. The van der Waals surface area contributed by atoms with E-state index < -0.39 is 9.84 Å². The van der Waals surface area contributed by atoms with Gasteiger partial charge in [-0.2, -0.15) is 5.10 Å². The van der Waals surface area contributed by atoms with Gasteiger partial charge in [0.2, 0.25) is 0 Å². The van der Waals surface area contributed by atoms with Crippen LogP contribution in [0.25, 0.3) is 0 Å². The lowest BCUT2D eigenvalue weighted by Crippen LogP contribution is -2.03. The predicted molar refractivity (Wildman–Crippen MR) is 53.6 cm³/mol. The number of aromatic nitrogens is 2. The van der Waals surface area contributed by atoms with Crippen LogP contribution in [0.5, 0.6) is 0 Å². The molecule has 0 aromatic carbocycles. The highest BCUT2D eigenvalue weighted by Crippen LogP contribution is 2.06. The summed E-state index contributed by atoms with van der Waals surface area (Å²) < 4.78 is 23.8. The molecule has 1 aromatic heterocycles. The van der Waals surface area contributed by atoms with Gasteiger partial charge in [-0.3, -0.25) is 4.68 Å². The molecule has 0 bridgehead atoms. The molecule has 0 aliphatic heterocycles. The van der Waals surface area contributed by atoms with Crippen molar-refractivity contribution in [2.24, 2.45) is 5.73 Å². The summed E-state index contributed by atoms with van der Waals surface area (Å²) >= 11 is 0. The standard InChI is InChI=1S/C8H15N3O2S/c1-14(12,13)8-6-10-11(7-8)5-3-2-4-9/h6-7H,2-5,9H2,1H3. The predicted octanol–water partition coefficient (Wildman–Crippen LogP) is 0.0255. The third kappa shape index (κ3) is 3.12. The molecule has 0 amide bonds. The van der Waals surface area contributed by atoms with Gasteiger partial charge in [-0.15, -0.1) is 0 Å². The van der Waals surface area contributed by atoms with Crippen LogP contribution in [-0.4, -0.2) is 31.0 Å². The van der Waals surface area contributed by atoms with Crippen molar-refractivity contribution >= 4 is 9.84 Å². The fourth-order valence-corrected chi connectivity index (χ4v) is 1.63. The maximum absolute atomic E-state index is 11.1. The number of nitrogens with zero attached hydrogens (tertiary/aromatic N) is 2. The van der Waals surface area contributed by atoms with Crippen LogP contribution in [-0.2, 0) is 16.4 Å². The monoisotopic (exact) mass is 217 g/mol. The normalized spacial score (nSPS) is 11.9. The summed E-state index contributed by atoms with van der Waals surface area (Å²) in [6, 6.07) is 0. The quantitative estimate of drug-likeness (QED) is 0.706. The van der Waals surface area contributed by atoms with Crippen LogP contribution < -0.4 is 5.73 Å². The van der Waals surface area contributed by atoms with E-state index in [2.05, 4.69) is 5.10 Å². The van der Waals surface area contributed by atoms with E-state index in [-0.39, 0.29) is 4.90 Å². The van der Waals surface area contributed by atoms with E-state index in [9.17, 15) is 8.42 Å². The first-order valence-corrected chi connectivity index (χ1v) is 6.36. The zero-order valence-electron chi connectivity index (χ0n) is 8.18. The third-order valence-corrected chi connectivity index (χ3v) is 2.95. The van der Waals surface area contributed by atoms with Crippen molar-refractivity contribution in [3.63, 3.8) is 0 Å². The van der Waals surface area contributed by atoms with Gasteiger partial charge in [-0.05, 0) is 19.4 Å². The minimum Gasteiger partial charge on any atom is -0.330 e. The van der Waals surface area contributed by atoms with Gasteiger partial charge in [0.1, 0.15) is 4.90 Å². The van der Waals surface area contributed by atoms with Crippen molar-refractivity contribution < 1.29 is 8.42 Å². The third-order valence-electron chi connectivity index (χ3n) is 1.88. The minimum absolute atomic E-state index is 0.269. The van der Waals surface area contributed by atoms with E-state index in [1.165, 1.54) is 12.5 Å². The minimum atomic E-state index is -3.12. The van der Waals surface area contributed by atoms with E-state index in [4.69, 9.17) is 5.73 Å². The number of hydrogen-bond acceptors (Lipinski definition) is 4. The van der Waals surface area contributed by atoms with Crippen LogP contribution in [0.2, 0.25) is 0 Å². The first-order chi connectivity index (χ1) is 6.54. The Morgan fingerprint density at radius 3 is 2.71 bits per heavy atom. The Labute approximate surface area is 83.8 Å². The molecular formula is C8H15N3O2S. The average Bonchev–Trinajstić information content (AvgIpc) is 2.52. The van der Waals surface area contributed by atoms with Crippen LogP contribution in [0.15, 0.2) is 17.3 Å². The van der Waals surface area contributed by atoms with Crippen molar-refractivity contribution in [1.82, 2.24) is 9.78 Å². The second-order valence-corrected chi connectivity index (χ2v) is 5.22. The summed E-state index contributed by atoms with van der Waals surface area (Å²) in [7, 11) is -3.12. The second kappa shape index (κ2) is 4.56. The molecule has 0 unspecified atom stereocenters. The Bertz CT molecular complexity index is 383. The molecule has 0 spiro atoms. The van der Waals surface area contributed by atoms with Crippen LogP contribution in [0.1, 0.15) is 12.8 Å². The molecule has 5 nitrogen and oxygen atoms in total. The van der Waals surface area contributed by atoms with Gasteiger partial charge < -0.3 is 5.73 Å². The molecule has 14 heavy (non-hydrogen) atoms. The van der Waals surface area contributed by atoms with E-state index in [0.717, 1.165) is 12.8 Å². The van der Waals surface area contributed by atoms with E-state index in [0.29, 0.717) is 13.1 Å². The van der Waals surface area contributed by atoms with Crippen LogP contribution in [0.4, 0.5) is 0 Å². The Balaban J connectivity index is 2.60. The van der Waals surface area contributed by atoms with Gasteiger partial charge in [-0.1, -0.05) is 0 Å². The Hall–Kier alpha value is -0.880. The fraction of sp³-hybridized carbons (Fsp3) is 0.625. The summed E-state index contributed by atoms with van der Waals surface area (Å²) in [4.78, 5) is 0.269. The molecule has 0 atom stereocenters. The number of hydrogen-bond donors (Lipinski definition) is 1. The van der Waals surface area contributed by atoms with Gasteiger partial charge in [0.05, 0.1) is 6.20 Å². The van der Waals surface area contributed by atoms with Crippen molar-refractivity contribution in [1.29, 1.82) is 0 Å². The lowest BCUT2D eigenvalue weighted by molar-refractivity contribution is 0.560. The smallest absolute Gasteiger partial charge is 0.178 e. The number of unbranched alkanes of at least 4 members (excludes halogenated alkanes) is 1. The van der Waals surface area contributed by atoms with Gasteiger partial charge in [0, 0.05) is 19.0 Å². The molecular weight excluding hydrogens is 202 g/mol. The largest absolute Gasteiger partial charge is 0.330 e. The first-order valence-electron chi connectivity index (χ1n) is 4.46. The van der Waals surface area contributed by atoms with Crippen LogP contribution >= 0.6 is 0 Å². The zero-order chi connectivity index (χ0) is 10.6. The van der Waals surface area contributed by atoms with E-state index >= 15 is 0 Å². The topological polar surface area (TPSA) is 78.0 Å². The molecule has 0 aliphatic rings. The maximum Gasteiger partial charge on any atom is 0.178 e. The first kappa shape index (κ1) is 11.2. The molecule has 2 N–H and O–H groups in total. The summed E-state index contributed by atoms with van der Waals surface area (Å²) in [6.07, 6.45) is 5.94. The van der Waals surface area contributed by atoms with E-state index in [1.54, 1.807) is 10.9 Å². The Morgan fingerprint density at radius 1 is 1.50 bits per heavy atom. The molecule has 0 saturated carbocycles.